The number of hydrogen-bond acceptors (Lipinski definition) is 5. The van der Waals surface area contributed by atoms with E-state index in [0.717, 1.165) is 25.0 Å². The molecule has 0 saturated heterocycles. The van der Waals surface area contributed by atoms with Crippen molar-refractivity contribution in [2.24, 2.45) is 0 Å². The topological polar surface area (TPSA) is 81.4 Å². The van der Waals surface area contributed by atoms with Crippen molar-refractivity contribution in [1.29, 1.82) is 0 Å². The average molecular weight is 426 g/mol. The molecule has 0 radical (unpaired) electrons. The number of rotatable bonds is 8. The fraction of sp³-hybridized carbons (Fsp3) is 0.261. The summed E-state index contributed by atoms with van der Waals surface area (Å²) in [6, 6.07) is 12.4. The molecule has 1 aliphatic rings. The van der Waals surface area contributed by atoms with E-state index in [0.29, 0.717) is 5.56 Å². The molecular weight excluding hydrogens is 406 g/mol. The number of amides is 1. The zero-order chi connectivity index (χ0) is 21.8. The summed E-state index contributed by atoms with van der Waals surface area (Å²) in [6.45, 7) is 0. The number of carbonyl (C=O) groups excluding carboxylic acids is 2. The molecule has 1 saturated carbocycles. The van der Waals surface area contributed by atoms with Crippen molar-refractivity contribution < 1.29 is 27.5 Å². The average Bonchev–Trinajstić information content (AvgIpc) is 3.45. The summed E-state index contributed by atoms with van der Waals surface area (Å²) >= 11 is 0. The van der Waals surface area contributed by atoms with Gasteiger partial charge in [-0.15, -0.1) is 0 Å². The molecule has 8 heteroatoms. The molecule has 1 unspecified atom stereocenters. The third kappa shape index (κ3) is 5.14. The Morgan fingerprint density at radius 1 is 1.10 bits per heavy atom. The molecule has 1 atom stereocenters. The molecule has 1 N–H and O–H groups in total. The SMILES string of the molecule is O=C(CCc1ncc(-c2c(F)cccc2F)o1)OC(C(=O)NC1CC1)c1ccccc1. The minimum atomic E-state index is -1.05. The van der Waals surface area contributed by atoms with Gasteiger partial charge >= 0.3 is 5.97 Å². The fourth-order valence-corrected chi connectivity index (χ4v) is 3.08. The predicted octanol–water partition coefficient (Wildman–Crippen LogP) is 4.12. The highest BCUT2D eigenvalue weighted by Crippen LogP contribution is 2.27. The first kappa shape index (κ1) is 20.7. The van der Waals surface area contributed by atoms with Crippen molar-refractivity contribution in [3.05, 3.63) is 77.8 Å². The molecule has 1 aromatic heterocycles. The molecular formula is C23H20F2N2O4. The molecule has 0 aliphatic heterocycles. The summed E-state index contributed by atoms with van der Waals surface area (Å²) in [6.07, 6.45) is 1.92. The fourth-order valence-electron chi connectivity index (χ4n) is 3.08. The first-order valence-corrected chi connectivity index (χ1v) is 9.95. The first-order chi connectivity index (χ1) is 15.0. The molecule has 0 spiro atoms. The Balaban J connectivity index is 1.40. The number of esters is 1. The number of oxazole rings is 1. The minimum Gasteiger partial charge on any atom is -0.447 e. The van der Waals surface area contributed by atoms with Crippen molar-refractivity contribution in [2.45, 2.75) is 37.8 Å². The molecule has 1 heterocycles. The lowest BCUT2D eigenvalue weighted by Crippen LogP contribution is -2.33. The molecule has 6 nitrogen and oxygen atoms in total. The number of carbonyl (C=O) groups is 2. The summed E-state index contributed by atoms with van der Waals surface area (Å²) in [5.41, 5.74) is 0.257. The van der Waals surface area contributed by atoms with E-state index in [4.69, 9.17) is 9.15 Å². The van der Waals surface area contributed by atoms with E-state index >= 15 is 0 Å². The quantitative estimate of drug-likeness (QED) is 0.548. The van der Waals surface area contributed by atoms with E-state index in [1.165, 1.54) is 12.3 Å². The highest BCUT2D eigenvalue weighted by Gasteiger charge is 2.30. The normalized spacial score (nSPS) is 14.1. The molecule has 1 amide bonds. The van der Waals surface area contributed by atoms with Crippen LogP contribution in [0.15, 0.2) is 59.1 Å². The van der Waals surface area contributed by atoms with Crippen LogP contribution in [0, 0.1) is 11.6 Å². The van der Waals surface area contributed by atoms with Crippen molar-refractivity contribution >= 4 is 11.9 Å². The number of nitrogens with one attached hydrogen (secondary N) is 1. The van der Waals surface area contributed by atoms with E-state index in [1.807, 2.05) is 0 Å². The minimum absolute atomic E-state index is 0.0562. The molecule has 4 rings (SSSR count). The highest BCUT2D eigenvalue weighted by molar-refractivity contribution is 5.85. The van der Waals surface area contributed by atoms with Crippen molar-refractivity contribution in [2.75, 3.05) is 0 Å². The second-order valence-corrected chi connectivity index (χ2v) is 7.28. The van der Waals surface area contributed by atoms with Crippen molar-refractivity contribution in [3.8, 4) is 11.3 Å². The van der Waals surface area contributed by atoms with Gasteiger partial charge < -0.3 is 14.5 Å². The summed E-state index contributed by atoms with van der Waals surface area (Å²) in [5.74, 6) is -2.45. The van der Waals surface area contributed by atoms with Crippen LogP contribution in [0.1, 0.15) is 36.8 Å². The van der Waals surface area contributed by atoms with Crippen molar-refractivity contribution in [3.63, 3.8) is 0 Å². The smallest absolute Gasteiger partial charge is 0.307 e. The van der Waals surface area contributed by atoms with Crippen LogP contribution in [0.5, 0.6) is 0 Å². The lowest BCUT2D eigenvalue weighted by atomic mass is 10.1. The maximum atomic E-state index is 13.9. The third-order valence-corrected chi connectivity index (χ3v) is 4.82. The van der Waals surface area contributed by atoms with Gasteiger partial charge in [0.05, 0.1) is 18.2 Å². The number of benzene rings is 2. The monoisotopic (exact) mass is 426 g/mol. The van der Waals surface area contributed by atoms with Gasteiger partial charge in [-0.2, -0.15) is 0 Å². The van der Waals surface area contributed by atoms with Gasteiger partial charge in [-0.05, 0) is 25.0 Å². The Hall–Kier alpha value is -3.55. The number of halogens is 2. The van der Waals surface area contributed by atoms with E-state index in [9.17, 15) is 18.4 Å². The standard InChI is InChI=1S/C23H20F2N2O4/c24-16-7-4-8-17(25)21(16)18-13-26-19(30-18)11-12-20(28)31-22(14-5-2-1-3-6-14)23(29)27-15-9-10-15/h1-8,13,15,22H,9-12H2,(H,27,29). The van der Waals surface area contributed by atoms with Gasteiger partial charge in [0.25, 0.3) is 5.91 Å². The molecule has 1 aliphatic carbocycles. The van der Waals surface area contributed by atoms with Gasteiger partial charge in [0, 0.05) is 18.0 Å². The maximum absolute atomic E-state index is 13.9. The highest BCUT2D eigenvalue weighted by atomic mass is 19.1. The van der Waals surface area contributed by atoms with Gasteiger partial charge in [0.1, 0.15) is 11.6 Å². The van der Waals surface area contributed by atoms with Crippen LogP contribution in [0.4, 0.5) is 8.78 Å². The van der Waals surface area contributed by atoms with Crippen LogP contribution in [0.25, 0.3) is 11.3 Å². The molecule has 31 heavy (non-hydrogen) atoms. The Morgan fingerprint density at radius 3 is 2.48 bits per heavy atom. The summed E-state index contributed by atoms with van der Waals surface area (Å²) in [4.78, 5) is 28.9. The summed E-state index contributed by atoms with van der Waals surface area (Å²) in [5, 5.41) is 2.85. The van der Waals surface area contributed by atoms with Crippen LogP contribution in [0.2, 0.25) is 0 Å². The van der Waals surface area contributed by atoms with Gasteiger partial charge in [-0.25, -0.2) is 13.8 Å². The molecule has 160 valence electrons. The first-order valence-electron chi connectivity index (χ1n) is 9.95. The number of nitrogens with zero attached hydrogens (tertiary/aromatic N) is 1. The number of aryl methyl sites for hydroxylation is 1. The van der Waals surface area contributed by atoms with E-state index in [-0.39, 0.29) is 42.0 Å². The molecule has 0 bridgehead atoms. The Labute approximate surface area is 177 Å². The van der Waals surface area contributed by atoms with E-state index in [2.05, 4.69) is 10.3 Å². The van der Waals surface area contributed by atoms with Gasteiger partial charge in [0.15, 0.2) is 11.7 Å². The summed E-state index contributed by atoms with van der Waals surface area (Å²) in [7, 11) is 0. The Bertz CT molecular complexity index is 1060. The lowest BCUT2D eigenvalue weighted by molar-refractivity contribution is -0.156. The largest absolute Gasteiger partial charge is 0.447 e. The molecule has 1 fully saturated rings. The van der Waals surface area contributed by atoms with E-state index in [1.54, 1.807) is 30.3 Å². The second kappa shape index (κ2) is 9.07. The molecule has 3 aromatic rings. The van der Waals surface area contributed by atoms with Crippen LogP contribution in [-0.2, 0) is 20.7 Å². The van der Waals surface area contributed by atoms with Gasteiger partial charge in [-0.3, -0.25) is 9.59 Å². The predicted molar refractivity (Wildman–Crippen MR) is 107 cm³/mol. The zero-order valence-corrected chi connectivity index (χ0v) is 16.5. The van der Waals surface area contributed by atoms with Crippen LogP contribution in [-0.4, -0.2) is 22.9 Å². The Kier molecular flexibility index (Phi) is 6.06. The van der Waals surface area contributed by atoms with E-state index < -0.39 is 23.7 Å². The zero-order valence-electron chi connectivity index (χ0n) is 16.5. The van der Waals surface area contributed by atoms with Crippen LogP contribution in [0.3, 0.4) is 0 Å². The molecule has 2 aromatic carbocycles. The summed E-state index contributed by atoms with van der Waals surface area (Å²) < 4.78 is 38.6. The number of aromatic nitrogens is 1. The van der Waals surface area contributed by atoms with Crippen molar-refractivity contribution in [1.82, 2.24) is 10.3 Å². The van der Waals surface area contributed by atoms with Gasteiger partial charge in [-0.1, -0.05) is 36.4 Å². The van der Waals surface area contributed by atoms with Crippen LogP contribution < -0.4 is 5.32 Å². The maximum Gasteiger partial charge on any atom is 0.307 e. The number of ether oxygens (including phenoxy) is 1. The second-order valence-electron chi connectivity index (χ2n) is 7.28. The van der Waals surface area contributed by atoms with Gasteiger partial charge in [0.2, 0.25) is 6.10 Å². The number of hydrogen-bond donors (Lipinski definition) is 1. The Morgan fingerprint density at radius 2 is 1.81 bits per heavy atom. The van der Waals surface area contributed by atoms with Crippen LogP contribution >= 0.6 is 0 Å². The third-order valence-electron chi connectivity index (χ3n) is 4.82. The lowest BCUT2D eigenvalue weighted by Gasteiger charge is -2.17.